The van der Waals surface area contributed by atoms with Crippen LogP contribution in [0.2, 0.25) is 0 Å². The fourth-order valence-corrected chi connectivity index (χ4v) is 1.94. The lowest BCUT2D eigenvalue weighted by molar-refractivity contribution is 0.0527. The highest BCUT2D eigenvalue weighted by molar-refractivity contribution is 5.96. The molecule has 0 aliphatic rings. The van der Waals surface area contributed by atoms with Crippen LogP contribution in [-0.4, -0.2) is 25.8 Å². The molecule has 6 nitrogen and oxygen atoms in total. The molecule has 2 rings (SSSR count). The van der Waals surface area contributed by atoms with Gasteiger partial charge in [0.2, 0.25) is 0 Å². The Labute approximate surface area is 134 Å². The quantitative estimate of drug-likeness (QED) is 0.821. The summed E-state index contributed by atoms with van der Waals surface area (Å²) in [4.78, 5) is 23.1. The van der Waals surface area contributed by atoms with Crippen LogP contribution in [0.4, 0.5) is 21.9 Å². The van der Waals surface area contributed by atoms with Crippen molar-refractivity contribution in [3.05, 3.63) is 54.1 Å². The van der Waals surface area contributed by atoms with Crippen LogP contribution < -0.4 is 10.6 Å². The van der Waals surface area contributed by atoms with Gasteiger partial charge in [0.15, 0.2) is 0 Å². The lowest BCUT2D eigenvalue weighted by Gasteiger charge is -2.12. The Kier molecular flexibility index (Phi) is 5.57. The Hall–Kier alpha value is -3.02. The van der Waals surface area contributed by atoms with Crippen molar-refractivity contribution >= 4 is 29.1 Å². The number of anilines is 3. The summed E-state index contributed by atoms with van der Waals surface area (Å²) in [5.41, 5.74) is 2.50. The zero-order valence-electron chi connectivity index (χ0n) is 13.0. The number of carbonyl (C=O) groups is 2. The van der Waals surface area contributed by atoms with E-state index in [2.05, 4.69) is 15.4 Å². The lowest BCUT2D eigenvalue weighted by Crippen LogP contribution is -2.10. The molecule has 0 bridgehead atoms. The zero-order valence-corrected chi connectivity index (χ0v) is 13.0. The average molecular weight is 314 g/mol. The first-order valence-corrected chi connectivity index (χ1v) is 7.12. The number of hydrogen-bond donors (Lipinski definition) is 2. The van der Waals surface area contributed by atoms with E-state index in [1.807, 2.05) is 6.07 Å². The van der Waals surface area contributed by atoms with Gasteiger partial charge in [0, 0.05) is 11.4 Å². The van der Waals surface area contributed by atoms with Gasteiger partial charge in [-0.15, -0.1) is 0 Å². The summed E-state index contributed by atoms with van der Waals surface area (Å²) in [5.74, 6) is -0.375. The van der Waals surface area contributed by atoms with Crippen LogP contribution in [0.15, 0.2) is 48.5 Å². The second-order valence-corrected chi connectivity index (χ2v) is 4.58. The number of benzene rings is 2. The number of amides is 1. The summed E-state index contributed by atoms with van der Waals surface area (Å²) in [6.45, 7) is 2.09. The van der Waals surface area contributed by atoms with Crippen LogP contribution in [-0.2, 0) is 9.47 Å². The molecule has 6 heteroatoms. The summed E-state index contributed by atoms with van der Waals surface area (Å²) >= 11 is 0. The number of hydrogen-bond acceptors (Lipinski definition) is 5. The van der Waals surface area contributed by atoms with Gasteiger partial charge in [0.1, 0.15) is 0 Å². The summed E-state index contributed by atoms with van der Waals surface area (Å²) in [5, 5.41) is 5.73. The molecule has 0 radical (unpaired) electrons. The maximum atomic E-state index is 11.9. The third kappa shape index (κ3) is 4.47. The van der Waals surface area contributed by atoms with Gasteiger partial charge in [-0.2, -0.15) is 0 Å². The molecule has 120 valence electrons. The summed E-state index contributed by atoms with van der Waals surface area (Å²) in [7, 11) is 1.30. The van der Waals surface area contributed by atoms with Crippen molar-refractivity contribution in [3.8, 4) is 0 Å². The molecule has 2 N–H and O–H groups in total. The Morgan fingerprint density at radius 3 is 2.30 bits per heavy atom. The molecule has 0 spiro atoms. The van der Waals surface area contributed by atoms with E-state index in [4.69, 9.17) is 4.74 Å². The lowest BCUT2D eigenvalue weighted by atomic mass is 10.1. The van der Waals surface area contributed by atoms with E-state index in [-0.39, 0.29) is 5.97 Å². The third-order valence-electron chi connectivity index (χ3n) is 3.02. The predicted octanol–water partition coefficient (Wildman–Crippen LogP) is 3.79. The zero-order chi connectivity index (χ0) is 16.7. The second kappa shape index (κ2) is 7.84. The van der Waals surface area contributed by atoms with Gasteiger partial charge in [-0.05, 0) is 43.3 Å². The Bertz CT molecular complexity index is 683. The van der Waals surface area contributed by atoms with Crippen LogP contribution in [0.5, 0.6) is 0 Å². The summed E-state index contributed by atoms with van der Waals surface area (Å²) in [6, 6.07) is 14.1. The van der Waals surface area contributed by atoms with Crippen LogP contribution in [0, 0.1) is 0 Å². The monoisotopic (exact) mass is 314 g/mol. The normalized spacial score (nSPS) is 9.83. The first-order valence-electron chi connectivity index (χ1n) is 7.12. The van der Waals surface area contributed by atoms with Crippen molar-refractivity contribution in [1.29, 1.82) is 0 Å². The SMILES string of the molecule is CCOC(=O)c1ccccc1Nc1ccc(NC(=O)OC)cc1. The largest absolute Gasteiger partial charge is 0.462 e. The molecule has 2 aromatic rings. The second-order valence-electron chi connectivity index (χ2n) is 4.58. The molecular weight excluding hydrogens is 296 g/mol. The number of rotatable bonds is 5. The molecule has 0 aliphatic heterocycles. The van der Waals surface area contributed by atoms with Gasteiger partial charge < -0.3 is 14.8 Å². The van der Waals surface area contributed by atoms with Crippen molar-refractivity contribution in [3.63, 3.8) is 0 Å². The van der Waals surface area contributed by atoms with Crippen molar-refractivity contribution in [2.45, 2.75) is 6.92 Å². The van der Waals surface area contributed by atoms with E-state index >= 15 is 0 Å². The average Bonchev–Trinajstić information content (AvgIpc) is 2.57. The maximum absolute atomic E-state index is 11.9. The van der Waals surface area contributed by atoms with Gasteiger partial charge in [0.25, 0.3) is 0 Å². The maximum Gasteiger partial charge on any atom is 0.411 e. The fourth-order valence-electron chi connectivity index (χ4n) is 1.94. The van der Waals surface area contributed by atoms with Gasteiger partial charge in [0.05, 0.1) is 25.0 Å². The number of para-hydroxylation sites is 1. The highest BCUT2D eigenvalue weighted by Gasteiger charge is 2.11. The Morgan fingerprint density at radius 2 is 1.65 bits per heavy atom. The molecule has 23 heavy (non-hydrogen) atoms. The van der Waals surface area contributed by atoms with E-state index < -0.39 is 6.09 Å². The van der Waals surface area contributed by atoms with Crippen LogP contribution >= 0.6 is 0 Å². The van der Waals surface area contributed by atoms with E-state index in [9.17, 15) is 9.59 Å². The van der Waals surface area contributed by atoms with Crippen molar-refractivity contribution in [2.24, 2.45) is 0 Å². The van der Waals surface area contributed by atoms with E-state index in [0.29, 0.717) is 23.5 Å². The Balaban J connectivity index is 2.13. The van der Waals surface area contributed by atoms with Crippen LogP contribution in [0.25, 0.3) is 0 Å². The van der Waals surface area contributed by atoms with Gasteiger partial charge in [-0.3, -0.25) is 5.32 Å². The summed E-state index contributed by atoms with van der Waals surface area (Å²) in [6.07, 6.45) is -0.529. The topological polar surface area (TPSA) is 76.7 Å². The molecule has 2 aromatic carbocycles. The minimum absolute atomic E-state index is 0.320. The first-order chi connectivity index (χ1) is 11.1. The first kappa shape index (κ1) is 16.4. The van der Waals surface area contributed by atoms with Crippen molar-refractivity contribution in [1.82, 2.24) is 0 Å². The third-order valence-corrected chi connectivity index (χ3v) is 3.02. The van der Waals surface area contributed by atoms with Gasteiger partial charge in [-0.25, -0.2) is 9.59 Å². The van der Waals surface area contributed by atoms with E-state index in [1.54, 1.807) is 49.4 Å². The van der Waals surface area contributed by atoms with E-state index in [1.165, 1.54) is 7.11 Å². The predicted molar refractivity (Wildman–Crippen MR) is 88.2 cm³/mol. The number of methoxy groups -OCH3 is 1. The molecule has 0 aliphatic carbocycles. The standard InChI is InChI=1S/C17H18N2O4/c1-3-23-16(20)14-6-4-5-7-15(14)18-12-8-10-13(11-9-12)19-17(21)22-2/h4-11,18H,3H2,1-2H3,(H,19,21). The van der Waals surface area contributed by atoms with E-state index in [0.717, 1.165) is 5.69 Å². The van der Waals surface area contributed by atoms with Crippen LogP contribution in [0.1, 0.15) is 17.3 Å². The Morgan fingerprint density at radius 1 is 1.00 bits per heavy atom. The van der Waals surface area contributed by atoms with Crippen molar-refractivity contribution in [2.75, 3.05) is 24.4 Å². The molecule has 0 fully saturated rings. The molecule has 0 unspecified atom stereocenters. The number of nitrogens with one attached hydrogen (secondary N) is 2. The highest BCUT2D eigenvalue weighted by Crippen LogP contribution is 2.23. The molecule has 1 amide bonds. The van der Waals surface area contributed by atoms with Gasteiger partial charge in [-0.1, -0.05) is 12.1 Å². The molecule has 0 saturated carbocycles. The van der Waals surface area contributed by atoms with Crippen LogP contribution in [0.3, 0.4) is 0 Å². The minimum Gasteiger partial charge on any atom is -0.462 e. The number of ether oxygens (including phenoxy) is 2. The highest BCUT2D eigenvalue weighted by atomic mass is 16.5. The minimum atomic E-state index is -0.529. The number of esters is 1. The van der Waals surface area contributed by atoms with Crippen molar-refractivity contribution < 1.29 is 19.1 Å². The van der Waals surface area contributed by atoms with Gasteiger partial charge >= 0.3 is 12.1 Å². The smallest absolute Gasteiger partial charge is 0.411 e. The summed E-state index contributed by atoms with van der Waals surface area (Å²) < 4.78 is 9.57. The molecular formula is C17H18N2O4. The molecule has 0 atom stereocenters. The molecule has 0 saturated heterocycles. The fraction of sp³-hybridized carbons (Fsp3) is 0.176. The molecule has 0 heterocycles. The molecule has 0 aromatic heterocycles. The number of carbonyl (C=O) groups excluding carboxylic acids is 2.